The molecule has 2 N–H and O–H groups in total. The number of carbonyl (C=O) groups excluding carboxylic acids is 1. The Morgan fingerprint density at radius 1 is 1.14 bits per heavy atom. The monoisotopic (exact) mass is 295 g/mol. The molecule has 0 heterocycles. The van der Waals surface area contributed by atoms with E-state index in [-0.39, 0.29) is 5.78 Å². The number of hydrogen-bond acceptors (Lipinski definition) is 3. The molecule has 22 heavy (non-hydrogen) atoms. The number of rotatable bonds is 5. The largest absolute Gasteiger partial charge is 0.480 e. The van der Waals surface area contributed by atoms with Crippen molar-refractivity contribution in [3.05, 3.63) is 71.3 Å². The fourth-order valence-corrected chi connectivity index (χ4v) is 2.96. The Morgan fingerprint density at radius 3 is 2.50 bits per heavy atom. The third kappa shape index (κ3) is 2.78. The molecule has 4 heteroatoms. The summed E-state index contributed by atoms with van der Waals surface area (Å²) in [7, 11) is 0. The maximum atomic E-state index is 12.5. The smallest absolute Gasteiger partial charge is 0.321 e. The molecule has 1 aliphatic rings. The van der Waals surface area contributed by atoms with Crippen LogP contribution in [0.25, 0.3) is 0 Å². The van der Waals surface area contributed by atoms with Gasteiger partial charge in [-0.05, 0) is 17.5 Å². The molecule has 0 saturated heterocycles. The summed E-state index contributed by atoms with van der Waals surface area (Å²) >= 11 is 0. The summed E-state index contributed by atoms with van der Waals surface area (Å²) < 4.78 is 0. The van der Waals surface area contributed by atoms with Gasteiger partial charge in [0.1, 0.15) is 6.04 Å². The Morgan fingerprint density at radius 2 is 1.82 bits per heavy atom. The fraction of sp³-hybridized carbons (Fsp3) is 0.222. The minimum absolute atomic E-state index is 0.0800. The van der Waals surface area contributed by atoms with Gasteiger partial charge >= 0.3 is 5.97 Å². The molecule has 112 valence electrons. The molecule has 2 aromatic carbocycles. The van der Waals surface area contributed by atoms with Crippen LogP contribution in [0.2, 0.25) is 0 Å². The van der Waals surface area contributed by atoms with Crippen LogP contribution in [0.5, 0.6) is 0 Å². The van der Waals surface area contributed by atoms with Gasteiger partial charge in [0.15, 0.2) is 5.78 Å². The lowest BCUT2D eigenvalue weighted by atomic mass is 9.95. The van der Waals surface area contributed by atoms with Gasteiger partial charge in [-0.15, -0.1) is 0 Å². The van der Waals surface area contributed by atoms with E-state index in [1.165, 1.54) is 0 Å². The van der Waals surface area contributed by atoms with E-state index in [4.69, 9.17) is 0 Å². The Hall–Kier alpha value is -2.46. The zero-order chi connectivity index (χ0) is 15.5. The number of carbonyl (C=O) groups is 2. The number of ketones is 1. The Kier molecular flexibility index (Phi) is 4.02. The Balaban J connectivity index is 1.76. The van der Waals surface area contributed by atoms with Crippen LogP contribution in [0.15, 0.2) is 54.6 Å². The molecule has 0 saturated carbocycles. The van der Waals surface area contributed by atoms with Gasteiger partial charge in [0.2, 0.25) is 0 Å². The quantitative estimate of drug-likeness (QED) is 0.888. The Bertz CT molecular complexity index is 696. The normalized spacial score (nSPS) is 18.0. The average Bonchev–Trinajstić information content (AvgIpc) is 2.86. The second kappa shape index (κ2) is 6.12. The van der Waals surface area contributed by atoms with Crippen LogP contribution in [0, 0.1) is 5.92 Å². The SMILES string of the molecule is O=C1c2ccccc2C[C@H]1[C@@H](NCc1ccccc1)C(=O)O. The molecule has 0 bridgehead atoms. The van der Waals surface area contributed by atoms with E-state index in [0.717, 1.165) is 11.1 Å². The number of carboxylic acid groups (broad SMARTS) is 1. The summed E-state index contributed by atoms with van der Waals surface area (Å²) in [5, 5.41) is 12.5. The molecule has 0 unspecified atom stereocenters. The molecule has 2 atom stereocenters. The lowest BCUT2D eigenvalue weighted by Gasteiger charge is -2.19. The zero-order valence-corrected chi connectivity index (χ0v) is 12.0. The van der Waals surface area contributed by atoms with E-state index in [1.807, 2.05) is 48.5 Å². The van der Waals surface area contributed by atoms with Gasteiger partial charge in [0.25, 0.3) is 0 Å². The summed E-state index contributed by atoms with van der Waals surface area (Å²) in [6.07, 6.45) is 0.480. The molecular weight excluding hydrogens is 278 g/mol. The van der Waals surface area contributed by atoms with Crippen molar-refractivity contribution < 1.29 is 14.7 Å². The van der Waals surface area contributed by atoms with Crippen molar-refractivity contribution in [3.63, 3.8) is 0 Å². The first kappa shape index (κ1) is 14.5. The third-order valence-corrected chi connectivity index (χ3v) is 4.10. The van der Waals surface area contributed by atoms with E-state index >= 15 is 0 Å². The predicted octanol–water partition coefficient (Wildman–Crippen LogP) is 2.28. The number of carboxylic acids is 1. The van der Waals surface area contributed by atoms with Crippen molar-refractivity contribution in [1.29, 1.82) is 0 Å². The van der Waals surface area contributed by atoms with Crippen molar-refractivity contribution in [3.8, 4) is 0 Å². The fourth-order valence-electron chi connectivity index (χ4n) is 2.96. The number of aliphatic carboxylic acids is 1. The molecule has 3 rings (SSSR count). The van der Waals surface area contributed by atoms with Gasteiger partial charge in [-0.3, -0.25) is 14.9 Å². The number of fused-ring (bicyclic) bond motifs is 1. The first-order chi connectivity index (χ1) is 10.7. The lowest BCUT2D eigenvalue weighted by molar-refractivity contribution is -0.140. The molecule has 0 aliphatic heterocycles. The standard InChI is InChI=1S/C18H17NO3/c20-17-14-9-5-4-8-13(14)10-15(17)16(18(21)22)19-11-12-6-2-1-3-7-12/h1-9,15-16,19H,10-11H2,(H,21,22)/t15-,16+/m0/s1. The van der Waals surface area contributed by atoms with Gasteiger partial charge in [0.05, 0.1) is 5.92 Å². The summed E-state index contributed by atoms with van der Waals surface area (Å²) in [6.45, 7) is 0.429. The van der Waals surface area contributed by atoms with Crippen molar-refractivity contribution >= 4 is 11.8 Å². The number of benzene rings is 2. The lowest BCUT2D eigenvalue weighted by Crippen LogP contribution is -2.44. The highest BCUT2D eigenvalue weighted by molar-refractivity contribution is 6.04. The van der Waals surface area contributed by atoms with Crippen LogP contribution in [-0.4, -0.2) is 22.9 Å². The number of nitrogens with one attached hydrogen (secondary N) is 1. The first-order valence-corrected chi connectivity index (χ1v) is 7.29. The molecule has 0 spiro atoms. The third-order valence-electron chi connectivity index (χ3n) is 4.10. The highest BCUT2D eigenvalue weighted by Gasteiger charge is 2.39. The van der Waals surface area contributed by atoms with Gasteiger partial charge < -0.3 is 5.11 Å². The van der Waals surface area contributed by atoms with Crippen LogP contribution < -0.4 is 5.32 Å². The molecular formula is C18H17NO3. The van der Waals surface area contributed by atoms with Crippen molar-refractivity contribution in [1.82, 2.24) is 5.32 Å². The maximum absolute atomic E-state index is 12.5. The highest BCUT2D eigenvalue weighted by Crippen LogP contribution is 2.29. The van der Waals surface area contributed by atoms with E-state index in [1.54, 1.807) is 6.07 Å². The van der Waals surface area contributed by atoms with Gasteiger partial charge in [-0.1, -0.05) is 54.6 Å². The van der Waals surface area contributed by atoms with Crippen molar-refractivity contribution in [2.24, 2.45) is 5.92 Å². The van der Waals surface area contributed by atoms with Gasteiger partial charge in [0, 0.05) is 12.1 Å². The number of Topliss-reactive ketones (excluding diaryl/α,β-unsaturated/α-hetero) is 1. The van der Waals surface area contributed by atoms with E-state index in [2.05, 4.69) is 5.32 Å². The van der Waals surface area contributed by atoms with E-state index in [9.17, 15) is 14.7 Å². The minimum atomic E-state index is -0.984. The molecule has 2 aromatic rings. The topological polar surface area (TPSA) is 66.4 Å². The Labute approximate surface area is 128 Å². The number of hydrogen-bond donors (Lipinski definition) is 2. The summed E-state index contributed by atoms with van der Waals surface area (Å²) in [5.74, 6) is -1.61. The maximum Gasteiger partial charge on any atom is 0.321 e. The van der Waals surface area contributed by atoms with E-state index < -0.39 is 17.9 Å². The van der Waals surface area contributed by atoms with Crippen molar-refractivity contribution in [2.45, 2.75) is 19.0 Å². The minimum Gasteiger partial charge on any atom is -0.480 e. The van der Waals surface area contributed by atoms with Crippen LogP contribution in [0.3, 0.4) is 0 Å². The molecule has 4 nitrogen and oxygen atoms in total. The summed E-state index contributed by atoms with van der Waals surface area (Å²) in [5.41, 5.74) is 2.59. The average molecular weight is 295 g/mol. The predicted molar refractivity (Wildman–Crippen MR) is 82.7 cm³/mol. The second-order valence-electron chi connectivity index (χ2n) is 5.51. The van der Waals surface area contributed by atoms with E-state index in [0.29, 0.717) is 18.5 Å². The van der Waals surface area contributed by atoms with Crippen LogP contribution in [0.4, 0.5) is 0 Å². The van der Waals surface area contributed by atoms with Gasteiger partial charge in [-0.25, -0.2) is 0 Å². The molecule has 0 amide bonds. The van der Waals surface area contributed by atoms with Crippen LogP contribution in [0.1, 0.15) is 21.5 Å². The molecule has 0 radical (unpaired) electrons. The highest BCUT2D eigenvalue weighted by atomic mass is 16.4. The molecule has 0 fully saturated rings. The zero-order valence-electron chi connectivity index (χ0n) is 12.0. The summed E-state index contributed by atoms with van der Waals surface area (Å²) in [4.78, 5) is 24.0. The molecule has 1 aliphatic carbocycles. The van der Waals surface area contributed by atoms with Crippen molar-refractivity contribution in [2.75, 3.05) is 0 Å². The van der Waals surface area contributed by atoms with Crippen LogP contribution in [-0.2, 0) is 17.8 Å². The second-order valence-corrected chi connectivity index (χ2v) is 5.51. The van der Waals surface area contributed by atoms with Crippen LogP contribution >= 0.6 is 0 Å². The first-order valence-electron chi connectivity index (χ1n) is 7.29. The summed E-state index contributed by atoms with van der Waals surface area (Å²) in [6, 6.07) is 16.1. The molecule has 0 aromatic heterocycles. The van der Waals surface area contributed by atoms with Gasteiger partial charge in [-0.2, -0.15) is 0 Å².